The van der Waals surface area contributed by atoms with Gasteiger partial charge in [0.15, 0.2) is 0 Å². The molecule has 1 saturated heterocycles. The number of carbonyl (C=O) groups is 3. The van der Waals surface area contributed by atoms with Crippen LogP contribution in [0.5, 0.6) is 0 Å². The van der Waals surface area contributed by atoms with Gasteiger partial charge in [-0.2, -0.15) is 13.2 Å². The van der Waals surface area contributed by atoms with Crippen LogP contribution in [-0.4, -0.2) is 47.5 Å². The van der Waals surface area contributed by atoms with E-state index in [1.54, 1.807) is 0 Å². The van der Waals surface area contributed by atoms with Crippen molar-refractivity contribution in [3.8, 4) is 0 Å². The summed E-state index contributed by atoms with van der Waals surface area (Å²) >= 11 is 1.08. The number of aliphatic carboxylic acids is 1. The topological polar surface area (TPSA) is 86.7 Å². The number of halogens is 3. The summed E-state index contributed by atoms with van der Waals surface area (Å²) in [5.41, 5.74) is -1.15. The van der Waals surface area contributed by atoms with Gasteiger partial charge in [0.1, 0.15) is 0 Å². The predicted octanol–water partition coefficient (Wildman–Crippen LogP) is 2.38. The van der Waals surface area contributed by atoms with Crippen LogP contribution < -0.4 is 10.2 Å². The minimum Gasteiger partial charge on any atom is -0.481 e. The third-order valence-corrected chi connectivity index (χ3v) is 4.59. The lowest BCUT2D eigenvalue weighted by Crippen LogP contribution is -2.28. The van der Waals surface area contributed by atoms with E-state index in [1.807, 2.05) is 0 Å². The summed E-state index contributed by atoms with van der Waals surface area (Å²) < 4.78 is 39.4. The summed E-state index contributed by atoms with van der Waals surface area (Å²) in [7, 11) is 0. The molecule has 0 bridgehead atoms. The maximum absolute atomic E-state index is 13.1. The molecule has 26 heavy (non-hydrogen) atoms. The highest BCUT2D eigenvalue weighted by Crippen LogP contribution is 2.34. The zero-order valence-electron chi connectivity index (χ0n) is 13.6. The summed E-state index contributed by atoms with van der Waals surface area (Å²) in [5, 5.41) is 11.0. The number of carboxylic acids is 1. The first-order valence-corrected chi connectivity index (χ1v) is 8.94. The van der Waals surface area contributed by atoms with E-state index in [1.165, 1.54) is 11.0 Å². The van der Waals surface area contributed by atoms with Crippen LogP contribution in [-0.2, 0) is 15.8 Å². The second-order valence-electron chi connectivity index (χ2n) is 5.62. The third-order valence-electron chi connectivity index (χ3n) is 3.65. The molecule has 0 saturated carbocycles. The molecule has 142 valence electrons. The molecule has 0 unspecified atom stereocenters. The smallest absolute Gasteiger partial charge is 0.416 e. The van der Waals surface area contributed by atoms with Crippen molar-refractivity contribution in [1.82, 2.24) is 5.32 Å². The SMILES string of the molecule is O=C(O)CSCCNC(=O)c1cc(N2CCCC2=O)cc(C(F)(F)F)c1. The van der Waals surface area contributed by atoms with E-state index in [2.05, 4.69) is 5.32 Å². The number of carboxylic acid groups (broad SMARTS) is 1. The number of carbonyl (C=O) groups excluding carboxylic acids is 2. The maximum Gasteiger partial charge on any atom is 0.416 e. The Balaban J connectivity index is 2.14. The molecule has 10 heteroatoms. The van der Waals surface area contributed by atoms with Gasteiger partial charge in [0.05, 0.1) is 11.3 Å². The van der Waals surface area contributed by atoms with Crippen LogP contribution in [0.15, 0.2) is 18.2 Å². The molecular weight excluding hydrogens is 373 g/mol. The number of amides is 2. The van der Waals surface area contributed by atoms with Gasteiger partial charge in [-0.15, -0.1) is 11.8 Å². The number of hydrogen-bond acceptors (Lipinski definition) is 4. The van der Waals surface area contributed by atoms with Crippen molar-refractivity contribution in [1.29, 1.82) is 0 Å². The second-order valence-corrected chi connectivity index (χ2v) is 6.72. The normalized spacial score (nSPS) is 14.6. The van der Waals surface area contributed by atoms with E-state index in [9.17, 15) is 27.6 Å². The van der Waals surface area contributed by atoms with Gasteiger partial charge in [0.2, 0.25) is 5.91 Å². The van der Waals surface area contributed by atoms with Crippen LogP contribution in [0.3, 0.4) is 0 Å². The van der Waals surface area contributed by atoms with Gasteiger partial charge in [-0.3, -0.25) is 14.4 Å². The zero-order valence-corrected chi connectivity index (χ0v) is 14.5. The van der Waals surface area contributed by atoms with Crippen LogP contribution in [0.1, 0.15) is 28.8 Å². The molecule has 0 radical (unpaired) electrons. The highest BCUT2D eigenvalue weighted by Gasteiger charge is 2.33. The van der Waals surface area contributed by atoms with Crippen LogP contribution in [0.25, 0.3) is 0 Å². The molecule has 0 spiro atoms. The Morgan fingerprint density at radius 3 is 2.58 bits per heavy atom. The van der Waals surface area contributed by atoms with Crippen LogP contribution >= 0.6 is 11.8 Å². The minimum absolute atomic E-state index is 0.0488. The average molecular weight is 390 g/mol. The van der Waals surface area contributed by atoms with Crippen molar-refractivity contribution >= 4 is 35.2 Å². The fourth-order valence-corrected chi connectivity index (χ4v) is 3.05. The van der Waals surface area contributed by atoms with E-state index >= 15 is 0 Å². The van der Waals surface area contributed by atoms with Crippen LogP contribution in [0, 0.1) is 0 Å². The summed E-state index contributed by atoms with van der Waals surface area (Å²) in [4.78, 5) is 35.6. The van der Waals surface area contributed by atoms with Gasteiger partial charge >= 0.3 is 12.1 Å². The van der Waals surface area contributed by atoms with E-state index in [-0.39, 0.29) is 35.9 Å². The fourth-order valence-electron chi connectivity index (χ4n) is 2.48. The maximum atomic E-state index is 13.1. The number of rotatable bonds is 7. The monoisotopic (exact) mass is 390 g/mol. The first-order valence-electron chi connectivity index (χ1n) is 7.79. The highest BCUT2D eigenvalue weighted by molar-refractivity contribution is 7.99. The Morgan fingerprint density at radius 1 is 1.27 bits per heavy atom. The first-order chi connectivity index (χ1) is 12.2. The second kappa shape index (κ2) is 8.43. The molecule has 0 aliphatic carbocycles. The minimum atomic E-state index is -4.65. The Bertz CT molecular complexity index is 709. The molecule has 1 aliphatic heterocycles. The fraction of sp³-hybridized carbons (Fsp3) is 0.438. The van der Waals surface area contributed by atoms with E-state index in [0.717, 1.165) is 23.9 Å². The number of nitrogens with one attached hydrogen (secondary N) is 1. The molecule has 1 aromatic carbocycles. The molecular formula is C16H17F3N2O4S. The summed E-state index contributed by atoms with van der Waals surface area (Å²) in [6.45, 7) is 0.429. The molecule has 2 N–H and O–H groups in total. The number of hydrogen-bond donors (Lipinski definition) is 2. The van der Waals surface area contributed by atoms with Crippen LogP contribution in [0.4, 0.5) is 18.9 Å². The van der Waals surface area contributed by atoms with E-state index in [0.29, 0.717) is 18.7 Å². The first kappa shape index (κ1) is 20.1. The quantitative estimate of drug-likeness (QED) is 0.698. The lowest BCUT2D eigenvalue weighted by atomic mass is 10.1. The number of alkyl halides is 3. The number of thioether (sulfide) groups is 1. The standard InChI is InChI=1S/C16H17F3N2O4S/c17-16(18,19)11-6-10(15(25)20-3-5-26-9-14(23)24)7-12(8-11)21-4-1-2-13(21)22/h6-8H,1-5,9H2,(H,20,25)(H,23,24). The predicted molar refractivity (Wildman–Crippen MR) is 90.3 cm³/mol. The van der Waals surface area contributed by atoms with Crippen molar-refractivity contribution < 1.29 is 32.7 Å². The summed E-state index contributed by atoms with van der Waals surface area (Å²) in [6, 6.07) is 2.87. The molecule has 0 atom stereocenters. The lowest BCUT2D eigenvalue weighted by Gasteiger charge is -2.19. The van der Waals surface area contributed by atoms with Gasteiger partial charge in [-0.1, -0.05) is 0 Å². The number of benzene rings is 1. The molecule has 1 aliphatic rings. The van der Waals surface area contributed by atoms with Crippen molar-refractivity contribution in [2.24, 2.45) is 0 Å². The molecule has 1 heterocycles. The number of nitrogens with zero attached hydrogens (tertiary/aromatic N) is 1. The number of anilines is 1. The third kappa shape index (κ3) is 5.38. The van der Waals surface area contributed by atoms with E-state index < -0.39 is 23.6 Å². The zero-order chi connectivity index (χ0) is 19.3. The van der Waals surface area contributed by atoms with Gasteiger partial charge in [-0.25, -0.2) is 0 Å². The lowest BCUT2D eigenvalue weighted by molar-refractivity contribution is -0.137. The average Bonchev–Trinajstić information content (AvgIpc) is 2.99. The molecule has 0 aromatic heterocycles. The Morgan fingerprint density at radius 2 is 2.00 bits per heavy atom. The van der Waals surface area contributed by atoms with Crippen molar-refractivity contribution in [2.45, 2.75) is 19.0 Å². The molecule has 2 amide bonds. The highest BCUT2D eigenvalue weighted by atomic mass is 32.2. The molecule has 1 fully saturated rings. The van der Waals surface area contributed by atoms with Gasteiger partial charge in [0.25, 0.3) is 5.91 Å². The molecule has 6 nitrogen and oxygen atoms in total. The van der Waals surface area contributed by atoms with Gasteiger partial charge < -0.3 is 15.3 Å². The Hall–Kier alpha value is -2.23. The van der Waals surface area contributed by atoms with Crippen LogP contribution in [0.2, 0.25) is 0 Å². The van der Waals surface area contributed by atoms with Crippen molar-refractivity contribution in [2.75, 3.05) is 29.5 Å². The summed E-state index contributed by atoms with van der Waals surface area (Å²) in [5.74, 6) is -1.78. The molecule has 2 rings (SSSR count). The summed E-state index contributed by atoms with van der Waals surface area (Å²) in [6.07, 6.45) is -3.83. The molecule has 1 aromatic rings. The van der Waals surface area contributed by atoms with Gasteiger partial charge in [0, 0.05) is 36.5 Å². The van der Waals surface area contributed by atoms with E-state index in [4.69, 9.17) is 5.11 Å². The van der Waals surface area contributed by atoms with Crippen molar-refractivity contribution in [3.05, 3.63) is 29.3 Å². The van der Waals surface area contributed by atoms with Gasteiger partial charge in [-0.05, 0) is 24.6 Å². The Labute approximate surface area is 151 Å². The van der Waals surface area contributed by atoms with Crippen molar-refractivity contribution in [3.63, 3.8) is 0 Å². The Kier molecular flexibility index (Phi) is 6.52. The largest absolute Gasteiger partial charge is 0.481 e.